The number of hydrogen-bond donors (Lipinski definition) is 0. The maximum Gasteiger partial charge on any atom is 0.135 e. The van der Waals surface area contributed by atoms with Crippen molar-refractivity contribution >= 4 is 99.5 Å². The molecule has 0 spiro atoms. The third kappa shape index (κ3) is 4.92. The van der Waals surface area contributed by atoms with Crippen LogP contribution >= 0.6 is 0 Å². The van der Waals surface area contributed by atoms with E-state index in [1.54, 1.807) is 0 Å². The van der Waals surface area contributed by atoms with Gasteiger partial charge in [-0.05, 0) is 119 Å². The van der Waals surface area contributed by atoms with E-state index >= 15 is 0 Å². The second kappa shape index (κ2) is 12.1. The molecule has 0 aliphatic rings. The van der Waals surface area contributed by atoms with Crippen LogP contribution in [0.25, 0.3) is 65.4 Å². The minimum atomic E-state index is 0.885. The molecule has 4 heteroatoms. The van der Waals surface area contributed by atoms with Gasteiger partial charge >= 0.3 is 0 Å². The van der Waals surface area contributed by atoms with E-state index in [4.69, 9.17) is 8.83 Å². The molecule has 0 fully saturated rings. The Labute approximate surface area is 311 Å². The van der Waals surface area contributed by atoms with Crippen molar-refractivity contribution in [3.05, 3.63) is 194 Å². The van der Waals surface area contributed by atoms with Gasteiger partial charge in [-0.15, -0.1) is 0 Å². The number of furan rings is 2. The summed E-state index contributed by atoms with van der Waals surface area (Å²) in [7, 11) is 0. The Hall–Kier alpha value is -7.30. The molecule has 0 aliphatic carbocycles. The zero-order valence-corrected chi connectivity index (χ0v) is 29.2. The average Bonchev–Trinajstić information content (AvgIpc) is 3.79. The summed E-state index contributed by atoms with van der Waals surface area (Å²) in [5, 5.41) is 9.13. The van der Waals surface area contributed by atoms with Gasteiger partial charge in [0.1, 0.15) is 22.3 Å². The van der Waals surface area contributed by atoms with Crippen LogP contribution < -0.4 is 9.80 Å². The normalized spacial score (nSPS) is 11.7. The molecule has 4 nitrogen and oxygen atoms in total. The van der Waals surface area contributed by atoms with Gasteiger partial charge in [-0.1, -0.05) is 91.0 Å². The van der Waals surface area contributed by atoms with Gasteiger partial charge in [-0.2, -0.15) is 0 Å². The van der Waals surface area contributed by atoms with E-state index in [1.807, 2.05) is 24.3 Å². The van der Waals surface area contributed by atoms with Gasteiger partial charge in [-0.25, -0.2) is 0 Å². The summed E-state index contributed by atoms with van der Waals surface area (Å²) in [6.07, 6.45) is 0. The van der Waals surface area contributed by atoms with Crippen LogP contribution in [0.15, 0.2) is 203 Å². The lowest BCUT2D eigenvalue weighted by Gasteiger charge is -2.27. The Bertz CT molecular complexity index is 3180. The molecular formula is C50H32N2O2. The fourth-order valence-electron chi connectivity index (χ4n) is 8.06. The summed E-state index contributed by atoms with van der Waals surface area (Å²) >= 11 is 0. The lowest BCUT2D eigenvalue weighted by molar-refractivity contribution is 0.668. The first kappa shape index (κ1) is 30.3. The Kier molecular flexibility index (Phi) is 6.82. The molecule has 254 valence electrons. The summed E-state index contributed by atoms with van der Waals surface area (Å²) in [6.45, 7) is 0. The predicted molar refractivity (Wildman–Crippen MR) is 225 cm³/mol. The van der Waals surface area contributed by atoms with Crippen LogP contribution in [0, 0.1) is 0 Å². The van der Waals surface area contributed by atoms with E-state index in [-0.39, 0.29) is 0 Å². The third-order valence-corrected chi connectivity index (χ3v) is 10.6. The quantitative estimate of drug-likeness (QED) is 0.162. The van der Waals surface area contributed by atoms with Crippen molar-refractivity contribution in [2.24, 2.45) is 0 Å². The first-order chi connectivity index (χ1) is 26.7. The molecule has 54 heavy (non-hydrogen) atoms. The molecule has 0 saturated heterocycles. The lowest BCUT2D eigenvalue weighted by Crippen LogP contribution is -2.10. The molecule has 0 saturated carbocycles. The fourth-order valence-corrected chi connectivity index (χ4v) is 8.06. The molecule has 0 N–H and O–H groups in total. The van der Waals surface area contributed by atoms with E-state index in [0.29, 0.717) is 0 Å². The highest BCUT2D eigenvalue weighted by Crippen LogP contribution is 2.44. The summed E-state index contributed by atoms with van der Waals surface area (Å²) in [6, 6.07) is 68.7. The second-order valence-corrected chi connectivity index (χ2v) is 13.8. The highest BCUT2D eigenvalue weighted by Gasteiger charge is 2.19. The van der Waals surface area contributed by atoms with Crippen molar-refractivity contribution in [2.45, 2.75) is 0 Å². The second-order valence-electron chi connectivity index (χ2n) is 13.8. The maximum atomic E-state index is 6.21. The summed E-state index contributed by atoms with van der Waals surface area (Å²) in [4.78, 5) is 4.69. The van der Waals surface area contributed by atoms with E-state index < -0.39 is 0 Å². The van der Waals surface area contributed by atoms with E-state index in [2.05, 4.69) is 180 Å². The van der Waals surface area contributed by atoms with Gasteiger partial charge in [0.05, 0.1) is 5.69 Å². The fraction of sp³-hybridized carbons (Fsp3) is 0. The third-order valence-electron chi connectivity index (χ3n) is 10.6. The van der Waals surface area contributed by atoms with Crippen molar-refractivity contribution in [1.29, 1.82) is 0 Å². The van der Waals surface area contributed by atoms with Gasteiger partial charge in [0, 0.05) is 55.4 Å². The van der Waals surface area contributed by atoms with E-state index in [1.165, 1.54) is 21.5 Å². The van der Waals surface area contributed by atoms with Crippen molar-refractivity contribution in [1.82, 2.24) is 0 Å². The zero-order valence-electron chi connectivity index (χ0n) is 29.2. The zero-order chi connectivity index (χ0) is 35.6. The molecular weight excluding hydrogens is 661 g/mol. The first-order valence-corrected chi connectivity index (χ1v) is 18.2. The molecule has 0 atom stereocenters. The topological polar surface area (TPSA) is 32.8 Å². The number of para-hydroxylation sites is 4. The molecule has 9 aromatic carbocycles. The molecule has 2 heterocycles. The minimum absolute atomic E-state index is 0.885. The van der Waals surface area contributed by atoms with Crippen LogP contribution in [-0.4, -0.2) is 0 Å². The van der Waals surface area contributed by atoms with E-state index in [9.17, 15) is 0 Å². The Morgan fingerprint density at radius 2 is 0.778 bits per heavy atom. The standard InChI is InChI=1S/C50H32N2O2/c1-3-13-36(14-4-1)51(39-24-26-49-44(31-39)41-17-7-9-20-47(41)53-49)38-23-22-33-30-43-34(28-35(33)29-38)12-11-19-46(43)52(37-15-5-2-6-16-37)40-25-27-50-45(32-40)42-18-8-10-21-48(42)54-50/h1-32H. The SMILES string of the molecule is c1ccc(N(c2ccc3cc4c(N(c5ccccc5)c5ccc6oc7ccccc7c6c5)cccc4cc3c2)c2ccc3oc4ccccc4c3c2)cc1. The van der Waals surface area contributed by atoms with Crippen molar-refractivity contribution in [2.75, 3.05) is 9.80 Å². The van der Waals surface area contributed by atoms with Crippen LogP contribution in [0.2, 0.25) is 0 Å². The Balaban J connectivity index is 1.07. The van der Waals surface area contributed by atoms with Crippen LogP contribution in [0.3, 0.4) is 0 Å². The minimum Gasteiger partial charge on any atom is -0.456 e. The Morgan fingerprint density at radius 1 is 0.259 bits per heavy atom. The predicted octanol–water partition coefficient (Wildman–Crippen LogP) is 14.7. The molecule has 0 unspecified atom stereocenters. The van der Waals surface area contributed by atoms with Crippen molar-refractivity contribution in [3.63, 3.8) is 0 Å². The molecule has 0 aliphatic heterocycles. The van der Waals surface area contributed by atoms with Gasteiger partial charge in [-0.3, -0.25) is 0 Å². The summed E-state index contributed by atoms with van der Waals surface area (Å²) < 4.78 is 12.4. The number of rotatable bonds is 6. The summed E-state index contributed by atoms with van der Waals surface area (Å²) in [5.41, 5.74) is 10.1. The van der Waals surface area contributed by atoms with Crippen LogP contribution in [0.4, 0.5) is 34.1 Å². The van der Waals surface area contributed by atoms with Gasteiger partial charge in [0.2, 0.25) is 0 Å². The van der Waals surface area contributed by atoms with Crippen LogP contribution in [0.5, 0.6) is 0 Å². The number of fused-ring (bicyclic) bond motifs is 8. The number of anilines is 6. The molecule has 0 amide bonds. The van der Waals surface area contributed by atoms with Crippen LogP contribution in [0.1, 0.15) is 0 Å². The van der Waals surface area contributed by atoms with Gasteiger partial charge < -0.3 is 18.6 Å². The highest BCUT2D eigenvalue weighted by molar-refractivity contribution is 6.10. The van der Waals surface area contributed by atoms with Gasteiger partial charge in [0.15, 0.2) is 0 Å². The summed E-state index contributed by atoms with van der Waals surface area (Å²) in [5.74, 6) is 0. The van der Waals surface area contributed by atoms with Crippen molar-refractivity contribution < 1.29 is 8.83 Å². The lowest BCUT2D eigenvalue weighted by atomic mass is 10.00. The number of nitrogens with zero attached hydrogens (tertiary/aromatic N) is 2. The monoisotopic (exact) mass is 692 g/mol. The molecule has 11 aromatic rings. The highest BCUT2D eigenvalue weighted by atomic mass is 16.3. The molecule has 0 radical (unpaired) electrons. The number of benzene rings is 9. The smallest absolute Gasteiger partial charge is 0.135 e. The Morgan fingerprint density at radius 3 is 1.43 bits per heavy atom. The molecule has 2 aromatic heterocycles. The average molecular weight is 693 g/mol. The molecule has 11 rings (SSSR count). The van der Waals surface area contributed by atoms with Crippen LogP contribution in [-0.2, 0) is 0 Å². The maximum absolute atomic E-state index is 6.21. The number of hydrogen-bond acceptors (Lipinski definition) is 4. The largest absolute Gasteiger partial charge is 0.456 e. The first-order valence-electron chi connectivity index (χ1n) is 18.2. The van der Waals surface area contributed by atoms with Gasteiger partial charge in [0.25, 0.3) is 0 Å². The molecule has 0 bridgehead atoms. The van der Waals surface area contributed by atoms with E-state index in [0.717, 1.165) is 78.0 Å². The van der Waals surface area contributed by atoms with Crippen molar-refractivity contribution in [3.8, 4) is 0 Å².